The van der Waals surface area contributed by atoms with E-state index in [1.165, 1.54) is 0 Å². The summed E-state index contributed by atoms with van der Waals surface area (Å²) in [5.41, 5.74) is 3.80. The molecule has 0 unspecified atom stereocenters. The van der Waals surface area contributed by atoms with E-state index in [1.54, 1.807) is 44.4 Å². The van der Waals surface area contributed by atoms with Crippen molar-refractivity contribution in [2.45, 2.75) is 20.8 Å². The van der Waals surface area contributed by atoms with Gasteiger partial charge in [0.2, 0.25) is 0 Å². The van der Waals surface area contributed by atoms with E-state index in [2.05, 4.69) is 25.3 Å². The molecule has 24 heavy (non-hydrogen) atoms. The van der Waals surface area contributed by atoms with E-state index in [9.17, 15) is 4.79 Å². The molecule has 1 aromatic carbocycles. The number of carbonyl (C=O) groups excluding carboxylic acids is 1. The van der Waals surface area contributed by atoms with Gasteiger partial charge in [-0.05, 0) is 39.0 Å². The summed E-state index contributed by atoms with van der Waals surface area (Å²) in [5.74, 6) is -0.249. The minimum absolute atomic E-state index is 0.249. The lowest BCUT2D eigenvalue weighted by atomic mass is 10.1. The summed E-state index contributed by atoms with van der Waals surface area (Å²) in [6, 6.07) is 5.50. The first-order valence-corrected chi connectivity index (χ1v) is 7.58. The van der Waals surface area contributed by atoms with E-state index in [1.807, 2.05) is 6.92 Å². The second-order valence-electron chi connectivity index (χ2n) is 5.20. The van der Waals surface area contributed by atoms with Gasteiger partial charge < -0.3 is 10.1 Å². The Kier molecular flexibility index (Phi) is 4.33. The van der Waals surface area contributed by atoms with Gasteiger partial charge in [-0.3, -0.25) is 14.8 Å². The van der Waals surface area contributed by atoms with Crippen molar-refractivity contribution in [3.8, 4) is 6.01 Å². The molecule has 3 rings (SSSR count). The highest BCUT2D eigenvalue weighted by Gasteiger charge is 2.14. The van der Waals surface area contributed by atoms with E-state index >= 15 is 0 Å². The van der Waals surface area contributed by atoms with Gasteiger partial charge in [-0.25, -0.2) is 0 Å². The fourth-order valence-corrected chi connectivity index (χ4v) is 2.35. The highest BCUT2D eigenvalue weighted by Crippen LogP contribution is 2.21. The molecule has 0 aliphatic carbocycles. The zero-order chi connectivity index (χ0) is 17.1. The third-order valence-electron chi connectivity index (χ3n) is 3.49. The zero-order valence-electron chi connectivity index (χ0n) is 13.7. The van der Waals surface area contributed by atoms with Gasteiger partial charge in [0.25, 0.3) is 5.91 Å². The first-order valence-electron chi connectivity index (χ1n) is 7.58. The molecule has 7 heteroatoms. The number of nitrogens with zero attached hydrogens (tertiary/aromatic N) is 4. The quantitative estimate of drug-likeness (QED) is 0.794. The minimum Gasteiger partial charge on any atom is -0.464 e. The number of aromatic nitrogens is 4. The summed E-state index contributed by atoms with van der Waals surface area (Å²) < 4.78 is 5.31. The van der Waals surface area contributed by atoms with E-state index in [-0.39, 0.29) is 5.91 Å². The molecule has 2 heterocycles. The van der Waals surface area contributed by atoms with Crippen LogP contribution in [0.5, 0.6) is 6.01 Å². The van der Waals surface area contributed by atoms with Gasteiger partial charge in [0.1, 0.15) is 0 Å². The molecule has 3 aromatic rings. The van der Waals surface area contributed by atoms with Crippen molar-refractivity contribution in [2.75, 3.05) is 11.9 Å². The predicted molar refractivity (Wildman–Crippen MR) is 90.2 cm³/mol. The molecule has 0 aliphatic heterocycles. The first-order chi connectivity index (χ1) is 11.6. The fraction of sp³-hybridized carbons (Fsp3) is 0.235. The molecule has 0 atom stereocenters. The Morgan fingerprint density at radius 1 is 1.08 bits per heavy atom. The molecule has 0 saturated carbocycles. The SMILES string of the molecule is CCOc1nc(C)c(NC(=O)c2ccc3nccnc3c2)c(C)n1. The molecule has 1 N–H and O–H groups in total. The van der Waals surface area contributed by atoms with Crippen molar-refractivity contribution in [2.24, 2.45) is 0 Å². The fourth-order valence-electron chi connectivity index (χ4n) is 2.35. The topological polar surface area (TPSA) is 89.9 Å². The van der Waals surface area contributed by atoms with Crippen molar-refractivity contribution in [1.29, 1.82) is 0 Å². The summed E-state index contributed by atoms with van der Waals surface area (Å²) in [5, 5.41) is 2.86. The largest absolute Gasteiger partial charge is 0.464 e. The van der Waals surface area contributed by atoms with Crippen molar-refractivity contribution >= 4 is 22.6 Å². The molecule has 0 fully saturated rings. The maximum Gasteiger partial charge on any atom is 0.316 e. The van der Waals surface area contributed by atoms with Crippen LogP contribution >= 0.6 is 0 Å². The van der Waals surface area contributed by atoms with Gasteiger partial charge in [-0.1, -0.05) is 0 Å². The lowest BCUT2D eigenvalue weighted by molar-refractivity contribution is 0.102. The number of fused-ring (bicyclic) bond motifs is 1. The Morgan fingerprint density at radius 2 is 1.75 bits per heavy atom. The molecular formula is C17H17N5O2. The Hall–Kier alpha value is -3.09. The average molecular weight is 323 g/mol. The number of amides is 1. The Bertz CT molecular complexity index is 887. The van der Waals surface area contributed by atoms with Crippen LogP contribution in [0, 0.1) is 13.8 Å². The Morgan fingerprint density at radius 3 is 2.42 bits per heavy atom. The van der Waals surface area contributed by atoms with E-state index in [0.29, 0.717) is 40.8 Å². The van der Waals surface area contributed by atoms with Crippen molar-refractivity contribution in [3.63, 3.8) is 0 Å². The molecule has 0 radical (unpaired) electrons. The summed E-state index contributed by atoms with van der Waals surface area (Å²) in [7, 11) is 0. The van der Waals surface area contributed by atoms with Gasteiger partial charge in [-0.2, -0.15) is 9.97 Å². The number of nitrogens with one attached hydrogen (secondary N) is 1. The van der Waals surface area contributed by atoms with Crippen molar-refractivity contribution in [1.82, 2.24) is 19.9 Å². The Balaban J connectivity index is 1.88. The summed E-state index contributed by atoms with van der Waals surface area (Å²) in [4.78, 5) is 29.4. The van der Waals surface area contributed by atoms with Crippen LogP contribution in [0.1, 0.15) is 28.7 Å². The lowest BCUT2D eigenvalue weighted by Gasteiger charge is -2.12. The predicted octanol–water partition coefficient (Wildman–Crippen LogP) is 2.69. The number of ether oxygens (including phenoxy) is 1. The number of hydrogen-bond acceptors (Lipinski definition) is 6. The number of benzene rings is 1. The highest BCUT2D eigenvalue weighted by atomic mass is 16.5. The van der Waals surface area contributed by atoms with Crippen LogP contribution in [0.3, 0.4) is 0 Å². The number of rotatable bonds is 4. The van der Waals surface area contributed by atoms with Crippen LogP contribution in [-0.2, 0) is 0 Å². The summed E-state index contributed by atoms with van der Waals surface area (Å²) in [6.07, 6.45) is 3.21. The molecule has 0 aliphatic rings. The lowest BCUT2D eigenvalue weighted by Crippen LogP contribution is -2.15. The van der Waals surface area contributed by atoms with E-state index in [0.717, 1.165) is 5.52 Å². The second-order valence-corrected chi connectivity index (χ2v) is 5.20. The van der Waals surface area contributed by atoms with E-state index in [4.69, 9.17) is 4.74 Å². The first kappa shape index (κ1) is 15.8. The summed E-state index contributed by atoms with van der Waals surface area (Å²) >= 11 is 0. The van der Waals surface area contributed by atoms with Gasteiger partial charge in [-0.15, -0.1) is 0 Å². The zero-order valence-corrected chi connectivity index (χ0v) is 13.7. The van der Waals surface area contributed by atoms with E-state index < -0.39 is 0 Å². The molecule has 0 spiro atoms. The molecule has 1 amide bonds. The molecule has 0 bridgehead atoms. The van der Waals surface area contributed by atoms with Gasteiger partial charge in [0.15, 0.2) is 0 Å². The Labute approximate surface area is 139 Å². The smallest absolute Gasteiger partial charge is 0.316 e. The number of aryl methyl sites for hydroxylation is 2. The maximum atomic E-state index is 12.5. The van der Waals surface area contributed by atoms with Gasteiger partial charge in [0, 0.05) is 18.0 Å². The standard InChI is InChI=1S/C17H17N5O2/c1-4-24-17-20-10(2)15(11(3)21-17)22-16(23)12-5-6-13-14(9-12)19-8-7-18-13/h5-9H,4H2,1-3H3,(H,22,23). The van der Waals surface area contributed by atoms with Crippen LogP contribution in [0.15, 0.2) is 30.6 Å². The number of anilines is 1. The van der Waals surface area contributed by atoms with Crippen LogP contribution < -0.4 is 10.1 Å². The van der Waals surface area contributed by atoms with Gasteiger partial charge in [0.05, 0.1) is 34.7 Å². The van der Waals surface area contributed by atoms with Crippen LogP contribution in [0.4, 0.5) is 5.69 Å². The molecule has 0 saturated heterocycles. The molecule has 2 aromatic heterocycles. The number of carbonyl (C=O) groups is 1. The maximum absolute atomic E-state index is 12.5. The van der Waals surface area contributed by atoms with Gasteiger partial charge >= 0.3 is 6.01 Å². The van der Waals surface area contributed by atoms with Crippen LogP contribution in [0.2, 0.25) is 0 Å². The highest BCUT2D eigenvalue weighted by molar-refractivity contribution is 6.06. The second kappa shape index (κ2) is 6.57. The molecule has 7 nitrogen and oxygen atoms in total. The molecular weight excluding hydrogens is 306 g/mol. The number of hydrogen-bond donors (Lipinski definition) is 1. The van der Waals surface area contributed by atoms with Crippen molar-refractivity contribution < 1.29 is 9.53 Å². The summed E-state index contributed by atoms with van der Waals surface area (Å²) in [6.45, 7) is 5.96. The van der Waals surface area contributed by atoms with Crippen molar-refractivity contribution in [3.05, 3.63) is 47.5 Å². The third kappa shape index (κ3) is 3.15. The minimum atomic E-state index is -0.249. The monoisotopic (exact) mass is 323 g/mol. The third-order valence-corrected chi connectivity index (χ3v) is 3.49. The molecule has 122 valence electrons. The average Bonchev–Trinajstić information content (AvgIpc) is 2.58. The van der Waals surface area contributed by atoms with Crippen LogP contribution in [0.25, 0.3) is 11.0 Å². The van der Waals surface area contributed by atoms with Crippen LogP contribution in [-0.4, -0.2) is 32.4 Å². The normalized spacial score (nSPS) is 10.6.